The summed E-state index contributed by atoms with van der Waals surface area (Å²) in [6.07, 6.45) is -0.515. The quantitative estimate of drug-likeness (QED) is 0.905. The van der Waals surface area contributed by atoms with Crippen LogP contribution in [0.3, 0.4) is 0 Å². The van der Waals surface area contributed by atoms with Crippen molar-refractivity contribution >= 4 is 11.3 Å². The van der Waals surface area contributed by atoms with E-state index in [0.717, 1.165) is 0 Å². The Morgan fingerprint density at radius 3 is 2.65 bits per heavy atom. The molecule has 0 aliphatic rings. The predicted molar refractivity (Wildman–Crippen MR) is 64.7 cm³/mol. The van der Waals surface area contributed by atoms with Gasteiger partial charge < -0.3 is 9.63 Å². The lowest BCUT2D eigenvalue weighted by molar-refractivity contribution is 0.120. The molecule has 6 heteroatoms. The van der Waals surface area contributed by atoms with Crippen molar-refractivity contribution in [2.24, 2.45) is 5.92 Å². The van der Waals surface area contributed by atoms with Crippen LogP contribution in [0.25, 0.3) is 11.5 Å². The van der Waals surface area contributed by atoms with Gasteiger partial charge in [0, 0.05) is 5.38 Å². The van der Waals surface area contributed by atoms with Gasteiger partial charge in [-0.25, -0.2) is 4.98 Å². The molecule has 0 spiro atoms. The maximum atomic E-state index is 9.73. The fourth-order valence-electron chi connectivity index (χ4n) is 1.85. The summed E-state index contributed by atoms with van der Waals surface area (Å²) in [5, 5.41) is 15.5. The summed E-state index contributed by atoms with van der Waals surface area (Å²) >= 11 is 1.48. The number of aliphatic hydroxyl groups is 1. The van der Waals surface area contributed by atoms with E-state index in [9.17, 15) is 5.11 Å². The molecular weight excluding hydrogens is 238 g/mol. The number of aliphatic hydroxyl groups excluding tert-OH is 1. The Kier molecular flexibility index (Phi) is 3.54. The van der Waals surface area contributed by atoms with Crippen molar-refractivity contribution in [3.8, 4) is 11.5 Å². The minimum absolute atomic E-state index is 0.144. The molecule has 2 rings (SSSR count). The van der Waals surface area contributed by atoms with E-state index in [2.05, 4.69) is 15.1 Å². The van der Waals surface area contributed by atoms with Crippen LogP contribution >= 0.6 is 11.3 Å². The zero-order valence-corrected chi connectivity index (χ0v) is 10.8. The summed E-state index contributed by atoms with van der Waals surface area (Å²) in [7, 11) is 0. The highest BCUT2D eigenvalue weighted by Crippen LogP contribution is 2.28. The average molecular weight is 253 g/mol. The Balaban J connectivity index is 2.28. The normalized spacial score (nSPS) is 15.1. The molecule has 0 saturated carbocycles. The van der Waals surface area contributed by atoms with Gasteiger partial charge in [-0.3, -0.25) is 0 Å². The second-order valence-corrected chi connectivity index (χ2v) is 5.06. The number of nitrogens with zero attached hydrogens (tertiary/aromatic N) is 3. The lowest BCUT2D eigenvalue weighted by atomic mass is 9.91. The second kappa shape index (κ2) is 4.93. The molecule has 1 N–H and O–H groups in total. The Hall–Kier alpha value is -1.27. The van der Waals surface area contributed by atoms with E-state index in [1.807, 2.05) is 19.2 Å². The standard InChI is InChI=1S/C11H15N3O2S/c1-6(2)9(7(3)15)11-13-10(14-16-11)8-4-17-5-12-8/h4-7,9,15H,1-3H3. The van der Waals surface area contributed by atoms with Crippen LogP contribution in [0.4, 0.5) is 0 Å². The van der Waals surface area contributed by atoms with Crippen molar-refractivity contribution < 1.29 is 9.63 Å². The number of aromatic nitrogens is 3. The molecule has 2 atom stereocenters. The minimum Gasteiger partial charge on any atom is -0.393 e. The molecular formula is C11H15N3O2S. The Labute approximate surface area is 104 Å². The molecule has 2 aromatic heterocycles. The molecule has 92 valence electrons. The van der Waals surface area contributed by atoms with E-state index in [-0.39, 0.29) is 11.8 Å². The van der Waals surface area contributed by atoms with Crippen LogP contribution in [0, 0.1) is 5.92 Å². The molecule has 0 amide bonds. The molecule has 2 aromatic rings. The van der Waals surface area contributed by atoms with E-state index < -0.39 is 6.10 Å². The van der Waals surface area contributed by atoms with Gasteiger partial charge >= 0.3 is 0 Å². The van der Waals surface area contributed by atoms with Gasteiger partial charge in [0.05, 0.1) is 17.5 Å². The zero-order valence-electron chi connectivity index (χ0n) is 9.99. The molecule has 2 heterocycles. The lowest BCUT2D eigenvalue weighted by Gasteiger charge is -2.19. The van der Waals surface area contributed by atoms with Gasteiger partial charge in [0.1, 0.15) is 5.69 Å². The third kappa shape index (κ3) is 2.53. The zero-order chi connectivity index (χ0) is 12.4. The lowest BCUT2D eigenvalue weighted by Crippen LogP contribution is -2.20. The van der Waals surface area contributed by atoms with Crippen molar-refractivity contribution in [2.75, 3.05) is 0 Å². The van der Waals surface area contributed by atoms with Gasteiger partial charge in [-0.15, -0.1) is 11.3 Å². The first-order valence-electron chi connectivity index (χ1n) is 5.49. The predicted octanol–water partition coefficient (Wildman–Crippen LogP) is 2.31. The van der Waals surface area contributed by atoms with Crippen LogP contribution in [0.15, 0.2) is 15.4 Å². The molecule has 0 radical (unpaired) electrons. The molecule has 0 aliphatic carbocycles. The maximum Gasteiger partial charge on any atom is 0.232 e. The molecule has 0 bridgehead atoms. The highest BCUT2D eigenvalue weighted by Gasteiger charge is 2.27. The fraction of sp³-hybridized carbons (Fsp3) is 0.545. The minimum atomic E-state index is -0.515. The summed E-state index contributed by atoms with van der Waals surface area (Å²) in [4.78, 5) is 8.42. The monoisotopic (exact) mass is 253 g/mol. The number of hydrogen-bond acceptors (Lipinski definition) is 6. The van der Waals surface area contributed by atoms with Crippen molar-refractivity contribution in [2.45, 2.75) is 32.8 Å². The first-order valence-corrected chi connectivity index (χ1v) is 6.44. The molecule has 17 heavy (non-hydrogen) atoms. The fourth-order valence-corrected chi connectivity index (χ4v) is 2.38. The van der Waals surface area contributed by atoms with Gasteiger partial charge in [-0.2, -0.15) is 4.98 Å². The summed E-state index contributed by atoms with van der Waals surface area (Å²) in [5.41, 5.74) is 2.43. The van der Waals surface area contributed by atoms with Gasteiger partial charge in [0.15, 0.2) is 0 Å². The molecule has 0 fully saturated rings. The first-order chi connectivity index (χ1) is 8.09. The highest BCUT2D eigenvalue weighted by atomic mass is 32.1. The Morgan fingerprint density at radius 1 is 1.35 bits per heavy atom. The van der Waals surface area contributed by atoms with Crippen molar-refractivity contribution in [1.29, 1.82) is 0 Å². The van der Waals surface area contributed by atoms with Gasteiger partial charge in [0.25, 0.3) is 0 Å². The Morgan fingerprint density at radius 2 is 2.12 bits per heavy atom. The van der Waals surface area contributed by atoms with Crippen molar-refractivity contribution in [3.05, 3.63) is 16.8 Å². The van der Waals surface area contributed by atoms with Crippen LogP contribution in [-0.2, 0) is 0 Å². The number of thiazole rings is 1. The summed E-state index contributed by atoms with van der Waals surface area (Å²) in [5.74, 6) is 1.04. The summed E-state index contributed by atoms with van der Waals surface area (Å²) in [6, 6.07) is 0. The Bertz CT molecular complexity index is 457. The third-order valence-electron chi connectivity index (χ3n) is 2.63. The topological polar surface area (TPSA) is 72.0 Å². The highest BCUT2D eigenvalue weighted by molar-refractivity contribution is 7.07. The van der Waals surface area contributed by atoms with E-state index in [1.54, 1.807) is 12.4 Å². The van der Waals surface area contributed by atoms with Gasteiger partial charge in [-0.05, 0) is 12.8 Å². The van der Waals surface area contributed by atoms with Gasteiger partial charge in [-0.1, -0.05) is 19.0 Å². The van der Waals surface area contributed by atoms with Crippen LogP contribution < -0.4 is 0 Å². The molecule has 5 nitrogen and oxygen atoms in total. The SMILES string of the molecule is CC(C)C(c1nc(-c2cscn2)no1)C(C)O. The molecule has 0 aliphatic heterocycles. The van der Waals surface area contributed by atoms with Crippen LogP contribution in [0.1, 0.15) is 32.6 Å². The van der Waals surface area contributed by atoms with E-state index >= 15 is 0 Å². The molecule has 2 unspecified atom stereocenters. The second-order valence-electron chi connectivity index (χ2n) is 4.34. The van der Waals surface area contributed by atoms with E-state index in [0.29, 0.717) is 17.4 Å². The van der Waals surface area contributed by atoms with Crippen LogP contribution in [0.5, 0.6) is 0 Å². The van der Waals surface area contributed by atoms with Crippen LogP contribution in [-0.4, -0.2) is 26.3 Å². The summed E-state index contributed by atoms with van der Waals surface area (Å²) in [6.45, 7) is 5.77. The largest absolute Gasteiger partial charge is 0.393 e. The maximum absolute atomic E-state index is 9.73. The molecule has 0 saturated heterocycles. The smallest absolute Gasteiger partial charge is 0.232 e. The van der Waals surface area contributed by atoms with Gasteiger partial charge in [0.2, 0.25) is 11.7 Å². The first kappa shape index (κ1) is 12.2. The third-order valence-corrected chi connectivity index (χ3v) is 3.21. The van der Waals surface area contributed by atoms with E-state index in [4.69, 9.17) is 4.52 Å². The van der Waals surface area contributed by atoms with Crippen LogP contribution in [0.2, 0.25) is 0 Å². The van der Waals surface area contributed by atoms with E-state index in [1.165, 1.54) is 11.3 Å². The molecule has 0 aromatic carbocycles. The summed E-state index contributed by atoms with van der Waals surface area (Å²) < 4.78 is 5.22. The van der Waals surface area contributed by atoms with Crippen molar-refractivity contribution in [3.63, 3.8) is 0 Å². The number of rotatable bonds is 4. The average Bonchev–Trinajstić information content (AvgIpc) is 2.83. The van der Waals surface area contributed by atoms with Crippen molar-refractivity contribution in [1.82, 2.24) is 15.1 Å². The number of hydrogen-bond donors (Lipinski definition) is 1.